The molecule has 1 radical (unpaired) electrons. The summed E-state index contributed by atoms with van der Waals surface area (Å²) >= 11 is 1.12. The maximum absolute atomic E-state index is 8.89. The van der Waals surface area contributed by atoms with Gasteiger partial charge in [0.2, 0.25) is 0 Å². The van der Waals surface area contributed by atoms with E-state index in [1.165, 1.54) is 0 Å². The number of hydrogen-bond acceptors (Lipinski definition) is 2. The summed E-state index contributed by atoms with van der Waals surface area (Å²) < 4.78 is 5.98. The van der Waals surface area contributed by atoms with Crippen molar-refractivity contribution in [3.8, 4) is 0 Å². The summed E-state index contributed by atoms with van der Waals surface area (Å²) in [6, 6.07) is 0. The van der Waals surface area contributed by atoms with Crippen LogP contribution < -0.4 is 0 Å². The first-order valence-electron chi connectivity index (χ1n) is 3.11. The van der Waals surface area contributed by atoms with E-state index in [9.17, 15) is 0 Å². The summed E-state index contributed by atoms with van der Waals surface area (Å²) in [5.74, 6) is 0.229. The van der Waals surface area contributed by atoms with E-state index < -0.39 is 0 Å². The number of allylic oxidation sites excluding steroid dienone is 2. The standard InChI is InChI=1S/C6H6O2.C2H6.W.Y/c1-4-6(8-3)5(2)7;1-2;;/h1-2,4,7H,3H2;1-2H3;;/q-2;;;. The van der Waals surface area contributed by atoms with Gasteiger partial charge in [-0.15, -0.1) is 0 Å². The molecular formula is C8H12O2WY-2. The topological polar surface area (TPSA) is 29.5 Å². The van der Waals surface area contributed by atoms with Crippen molar-refractivity contribution in [2.24, 2.45) is 0 Å². The van der Waals surface area contributed by atoms with Crippen molar-refractivity contribution in [2.45, 2.75) is 13.8 Å². The Balaban J connectivity index is -0.000000249. The fourth-order valence-corrected chi connectivity index (χ4v) is 0.683. The molecule has 0 aliphatic carbocycles. The molecule has 2 nitrogen and oxygen atoms in total. The van der Waals surface area contributed by atoms with Crippen LogP contribution in [0.15, 0.2) is 17.6 Å². The number of hydrogen-bond donors (Lipinski definition) is 1. The number of aliphatic hydroxyl groups is 1. The Kier molecular flexibility index (Phi) is 22.0. The molecule has 12 heavy (non-hydrogen) atoms. The van der Waals surface area contributed by atoms with Gasteiger partial charge in [0.15, 0.2) is 0 Å². The molecule has 1 N–H and O–H groups in total. The minimum absolute atomic E-state index is 0. The van der Waals surface area contributed by atoms with Crippen LogP contribution in [0.1, 0.15) is 13.8 Å². The van der Waals surface area contributed by atoms with E-state index in [-0.39, 0.29) is 44.2 Å². The maximum Gasteiger partial charge on any atom is 0 e. The van der Waals surface area contributed by atoms with Crippen molar-refractivity contribution in [2.75, 3.05) is 0 Å². The summed E-state index contributed by atoms with van der Waals surface area (Å²) in [7, 11) is 3.09. The van der Waals surface area contributed by atoms with Gasteiger partial charge < -0.3 is 0 Å². The van der Waals surface area contributed by atoms with Gasteiger partial charge in [0.1, 0.15) is 0 Å². The minimum atomic E-state index is 0. The zero-order valence-corrected chi connectivity index (χ0v) is 13.1. The van der Waals surface area contributed by atoms with Gasteiger partial charge in [-0.3, -0.25) is 0 Å². The summed E-state index contributed by atoms with van der Waals surface area (Å²) in [6.45, 7) is 9.04. The van der Waals surface area contributed by atoms with E-state index in [2.05, 4.69) is 11.8 Å². The van der Waals surface area contributed by atoms with Gasteiger partial charge in [0.05, 0.1) is 0 Å². The number of rotatable bonds is 3. The molecule has 0 aromatic carbocycles. The van der Waals surface area contributed by atoms with Gasteiger partial charge in [-0.05, 0) is 0 Å². The zero-order valence-electron chi connectivity index (χ0n) is 7.28. The molecule has 0 unspecified atom stereocenters. The van der Waals surface area contributed by atoms with Crippen LogP contribution in [0.4, 0.5) is 0 Å². The second kappa shape index (κ2) is 14.3. The Bertz CT molecular complexity index is 155. The zero-order chi connectivity index (χ0) is 9.28. The summed E-state index contributed by atoms with van der Waals surface area (Å²) in [6.07, 6.45) is 1.15. The fraction of sp³-hybridized carbons (Fsp3) is 0.250. The van der Waals surface area contributed by atoms with Crippen LogP contribution in [-0.4, -0.2) is 9.51 Å². The second-order valence-electron chi connectivity index (χ2n) is 1.18. The average molecular weight is 413 g/mol. The van der Waals surface area contributed by atoms with Gasteiger partial charge >= 0.3 is 64.9 Å². The number of ether oxygens (including phenoxy) is 1. The van der Waals surface area contributed by atoms with Crippen LogP contribution in [0.2, 0.25) is 0 Å². The molecule has 0 saturated heterocycles. The van der Waals surface area contributed by atoms with Crippen LogP contribution in [0.25, 0.3) is 0 Å². The van der Waals surface area contributed by atoms with Gasteiger partial charge in [0.25, 0.3) is 0 Å². The van der Waals surface area contributed by atoms with Crippen LogP contribution in [0.3, 0.4) is 0 Å². The molecule has 0 heterocycles. The van der Waals surface area contributed by atoms with Gasteiger partial charge in [-0.2, -0.15) is 0 Å². The third kappa shape index (κ3) is 8.84. The van der Waals surface area contributed by atoms with Crippen molar-refractivity contribution in [1.82, 2.24) is 0 Å². The summed E-state index contributed by atoms with van der Waals surface area (Å²) in [4.78, 5) is 0. The second-order valence-corrected chi connectivity index (χ2v) is 2.03. The molecule has 67 valence electrons. The average Bonchev–Trinajstić information content (AvgIpc) is 2.10. The van der Waals surface area contributed by atoms with Gasteiger partial charge in [-0.1, -0.05) is 13.8 Å². The maximum atomic E-state index is 8.89. The number of aliphatic hydroxyl groups excluding tert-OH is 1. The van der Waals surface area contributed by atoms with Crippen molar-refractivity contribution in [3.05, 3.63) is 31.3 Å². The Labute approximate surface area is 110 Å². The molecule has 4 heteroatoms. The van der Waals surface area contributed by atoms with E-state index >= 15 is 0 Å². The van der Waals surface area contributed by atoms with E-state index in [1.54, 1.807) is 4.40 Å². The summed E-state index contributed by atoms with van der Waals surface area (Å²) in [5, 5.41) is 8.89. The quantitative estimate of drug-likeness (QED) is 0.436. The Morgan fingerprint density at radius 2 is 2.00 bits per heavy atom. The molecule has 0 saturated carbocycles. The van der Waals surface area contributed by atoms with Crippen LogP contribution >= 0.6 is 0 Å². The Hall–Kier alpha value is 0.742. The van der Waals surface area contributed by atoms with E-state index in [0.717, 1.165) is 25.4 Å². The summed E-state index contributed by atoms with van der Waals surface area (Å²) in [5.41, 5.74) is 0. The molecule has 0 aliphatic rings. The van der Waals surface area contributed by atoms with Crippen molar-refractivity contribution in [1.29, 1.82) is 0 Å². The van der Waals surface area contributed by atoms with Crippen molar-refractivity contribution < 1.29 is 61.9 Å². The van der Waals surface area contributed by atoms with Crippen LogP contribution in [0.5, 0.6) is 0 Å². The van der Waals surface area contributed by atoms with Crippen molar-refractivity contribution >= 4 is 4.40 Å². The van der Waals surface area contributed by atoms with E-state index in [1.807, 2.05) is 13.8 Å². The predicted octanol–water partition coefficient (Wildman–Crippen LogP) is 1.93. The molecule has 0 rings (SSSR count). The Morgan fingerprint density at radius 1 is 1.58 bits per heavy atom. The largest absolute Gasteiger partial charge is 0 e. The monoisotopic (exact) mass is 413 g/mol. The van der Waals surface area contributed by atoms with Gasteiger partial charge in [0, 0.05) is 32.7 Å². The molecular weight excluding hydrogens is 401 g/mol. The fourth-order valence-electron chi connectivity index (χ4n) is 0.266. The van der Waals surface area contributed by atoms with E-state index in [4.69, 9.17) is 11.7 Å². The smallest absolute Gasteiger partial charge is 0 e. The first-order valence-corrected chi connectivity index (χ1v) is 4.81. The van der Waals surface area contributed by atoms with Crippen LogP contribution in [0, 0.1) is 13.7 Å². The molecule has 0 fully saturated rings. The molecule has 0 amide bonds. The molecule has 0 aromatic rings. The molecule has 0 aliphatic heterocycles. The molecule has 0 spiro atoms. The SMILES string of the molecule is CC.[CH-]=CC(O[CH2-])=C(O)[CH]=[W].[Y]. The van der Waals surface area contributed by atoms with E-state index in [0.29, 0.717) is 0 Å². The van der Waals surface area contributed by atoms with Crippen LogP contribution in [-0.2, 0) is 56.8 Å². The first kappa shape index (κ1) is 18.5. The van der Waals surface area contributed by atoms with Gasteiger partial charge in [-0.25, -0.2) is 0 Å². The Morgan fingerprint density at radius 3 is 2.08 bits per heavy atom. The first-order chi connectivity index (χ1) is 5.26. The molecule has 0 atom stereocenters. The third-order valence-corrected chi connectivity index (χ3v) is 1.47. The molecule has 0 bridgehead atoms. The predicted molar refractivity (Wildman–Crippen MR) is 42.4 cm³/mol. The molecule has 0 aromatic heterocycles. The third-order valence-electron chi connectivity index (χ3n) is 0.671. The normalized spacial score (nSPS) is 9.25. The minimum Gasteiger partial charge on any atom is 0 e. The van der Waals surface area contributed by atoms with Crippen molar-refractivity contribution in [3.63, 3.8) is 0 Å².